The zero-order chi connectivity index (χ0) is 13.8. The third-order valence-corrected chi connectivity index (χ3v) is 4.37. The molecule has 0 radical (unpaired) electrons. The first kappa shape index (κ1) is 19.0. The van der Waals surface area contributed by atoms with Crippen LogP contribution in [0, 0.1) is 11.3 Å². The van der Waals surface area contributed by atoms with E-state index in [4.69, 9.17) is 0 Å². The third kappa shape index (κ3) is 3.97. The van der Waals surface area contributed by atoms with Gasteiger partial charge in [0.2, 0.25) is 5.91 Å². The van der Waals surface area contributed by atoms with Gasteiger partial charge in [-0.15, -0.1) is 0 Å². The molecule has 7 heteroatoms. The molecule has 0 bridgehead atoms. The first-order valence-corrected chi connectivity index (χ1v) is 7.33. The quantitative estimate of drug-likeness (QED) is 0.435. The summed E-state index contributed by atoms with van der Waals surface area (Å²) in [6.07, 6.45) is 1.64. The predicted molar refractivity (Wildman–Crippen MR) is 70.1 cm³/mol. The molecule has 19 heavy (non-hydrogen) atoms. The van der Waals surface area contributed by atoms with Crippen molar-refractivity contribution < 1.29 is 44.3 Å². The molecular weight excluding hydrogens is 275 g/mol. The number of hydrogen-bond donors (Lipinski definition) is 1. The van der Waals surface area contributed by atoms with E-state index < -0.39 is 23.3 Å². The van der Waals surface area contributed by atoms with Crippen molar-refractivity contribution in [2.75, 3.05) is 11.5 Å². The standard InChI is InChI=1S/C12H20N2O3S.Na/c1-4-6-8(3)12(7-18-5-2)9(15)13-11(17)14-10(12)16;/h8H,4-7H2,1-3H3,(H2,13,14,15,16,17);/q;+1/p-1. The van der Waals surface area contributed by atoms with Crippen molar-refractivity contribution in [1.82, 2.24) is 5.32 Å². The number of amides is 2. The van der Waals surface area contributed by atoms with E-state index in [1.54, 1.807) is 0 Å². The molecule has 2 atom stereocenters. The first-order chi connectivity index (χ1) is 8.48. The maximum absolute atomic E-state index is 12.1. The van der Waals surface area contributed by atoms with E-state index in [1.807, 2.05) is 20.8 Å². The Morgan fingerprint density at radius 3 is 2.53 bits per heavy atom. The van der Waals surface area contributed by atoms with Crippen molar-refractivity contribution in [2.45, 2.75) is 33.6 Å². The molecule has 2 amide bonds. The van der Waals surface area contributed by atoms with Crippen LogP contribution in [0.1, 0.15) is 33.6 Å². The third-order valence-electron chi connectivity index (χ3n) is 3.31. The summed E-state index contributed by atoms with van der Waals surface area (Å²) in [5.74, 6) is -0.000230. The number of hydrogen-bond acceptors (Lipinski definition) is 4. The molecule has 102 valence electrons. The Hall–Kier alpha value is -0.0400. The zero-order valence-corrected chi connectivity index (χ0v) is 14.8. The first-order valence-electron chi connectivity index (χ1n) is 6.18. The molecule has 1 heterocycles. The van der Waals surface area contributed by atoms with Gasteiger partial charge in [0.05, 0.1) is 6.02 Å². The molecule has 2 unspecified atom stereocenters. The average molecular weight is 294 g/mol. The summed E-state index contributed by atoms with van der Waals surface area (Å²) in [7, 11) is 0. The van der Waals surface area contributed by atoms with Crippen LogP contribution in [-0.4, -0.2) is 29.3 Å². The summed E-state index contributed by atoms with van der Waals surface area (Å²) in [4.78, 5) is 27.7. The second-order valence-electron chi connectivity index (χ2n) is 4.47. The van der Waals surface area contributed by atoms with Crippen LogP contribution in [-0.2, 0) is 9.59 Å². The Morgan fingerprint density at radius 2 is 2.05 bits per heavy atom. The molecule has 0 fully saturated rings. The fourth-order valence-corrected chi connectivity index (χ4v) is 3.24. The van der Waals surface area contributed by atoms with Gasteiger partial charge in [0, 0.05) is 5.75 Å². The van der Waals surface area contributed by atoms with Crippen LogP contribution < -0.4 is 40.0 Å². The number of nitrogens with zero attached hydrogens (tertiary/aromatic N) is 1. The minimum absolute atomic E-state index is 0. The number of rotatable bonds is 6. The number of thioether (sulfide) groups is 1. The number of amidine groups is 1. The minimum atomic E-state index is -1.18. The van der Waals surface area contributed by atoms with Crippen molar-refractivity contribution in [3.63, 3.8) is 0 Å². The van der Waals surface area contributed by atoms with Crippen molar-refractivity contribution >= 4 is 29.6 Å². The molecule has 0 aliphatic carbocycles. The fourth-order valence-electron chi connectivity index (χ4n) is 2.17. The summed E-state index contributed by atoms with van der Waals surface area (Å²) in [6.45, 7) is 5.85. The van der Waals surface area contributed by atoms with E-state index in [-0.39, 0.29) is 35.5 Å². The number of aliphatic imine (C=N–C) groups is 1. The van der Waals surface area contributed by atoms with Gasteiger partial charge in [-0.1, -0.05) is 27.2 Å². The summed E-state index contributed by atoms with van der Waals surface area (Å²) < 4.78 is 0. The summed E-state index contributed by atoms with van der Waals surface area (Å²) in [5.41, 5.74) is -1.18. The molecule has 0 saturated heterocycles. The van der Waals surface area contributed by atoms with Gasteiger partial charge in [-0.25, -0.2) is 4.99 Å². The maximum Gasteiger partial charge on any atom is 1.00 e. The molecule has 5 nitrogen and oxygen atoms in total. The average Bonchev–Trinajstić information content (AvgIpc) is 2.28. The summed E-state index contributed by atoms with van der Waals surface area (Å²) in [5, 5.41) is 13.3. The Balaban J connectivity index is 0.00000324. The zero-order valence-electron chi connectivity index (χ0n) is 12.0. The number of carbonyl (C=O) groups is 2. The Kier molecular flexibility index (Phi) is 8.27. The summed E-state index contributed by atoms with van der Waals surface area (Å²) >= 11 is 1.52. The fraction of sp³-hybridized carbons (Fsp3) is 0.750. The molecular formula is C12H19N2NaO3S. The monoisotopic (exact) mass is 294 g/mol. The van der Waals surface area contributed by atoms with Gasteiger partial charge in [-0.3, -0.25) is 9.59 Å². The molecule has 1 N–H and O–H groups in total. The van der Waals surface area contributed by atoms with Gasteiger partial charge in [0.1, 0.15) is 5.41 Å². The van der Waals surface area contributed by atoms with Gasteiger partial charge in [-0.2, -0.15) is 11.8 Å². The summed E-state index contributed by atoms with van der Waals surface area (Å²) in [6, 6.07) is -0.842. The van der Waals surface area contributed by atoms with Crippen LogP contribution in [0.15, 0.2) is 4.99 Å². The van der Waals surface area contributed by atoms with Crippen molar-refractivity contribution in [3.05, 3.63) is 0 Å². The molecule has 1 aliphatic heterocycles. The van der Waals surface area contributed by atoms with E-state index in [9.17, 15) is 14.7 Å². The molecule has 0 saturated carbocycles. The second kappa shape index (κ2) is 8.29. The Morgan fingerprint density at radius 1 is 1.42 bits per heavy atom. The van der Waals surface area contributed by atoms with E-state index in [0.717, 1.165) is 18.6 Å². The van der Waals surface area contributed by atoms with Crippen molar-refractivity contribution in [3.8, 4) is 0 Å². The topological polar surface area (TPSA) is 81.6 Å². The van der Waals surface area contributed by atoms with Gasteiger partial charge in [0.15, 0.2) is 0 Å². The molecule has 0 aromatic rings. The van der Waals surface area contributed by atoms with Gasteiger partial charge < -0.3 is 10.4 Å². The SMILES string of the molecule is CCCC(C)C1(CSCC)C(=O)N=C([O-])NC1=O.[Na+]. The van der Waals surface area contributed by atoms with Crippen molar-refractivity contribution in [2.24, 2.45) is 16.3 Å². The van der Waals surface area contributed by atoms with Crippen LogP contribution in [0.3, 0.4) is 0 Å². The maximum atomic E-state index is 12.1. The van der Waals surface area contributed by atoms with E-state index >= 15 is 0 Å². The molecule has 0 aromatic heterocycles. The number of nitrogens with one attached hydrogen (secondary N) is 1. The molecule has 1 aliphatic rings. The van der Waals surface area contributed by atoms with Crippen LogP contribution in [0.5, 0.6) is 0 Å². The second-order valence-corrected chi connectivity index (χ2v) is 5.75. The van der Waals surface area contributed by atoms with Gasteiger partial charge in [0.25, 0.3) is 5.91 Å². The van der Waals surface area contributed by atoms with E-state index in [1.165, 1.54) is 11.8 Å². The van der Waals surface area contributed by atoms with Crippen LogP contribution >= 0.6 is 11.8 Å². The van der Waals surface area contributed by atoms with Gasteiger partial charge >= 0.3 is 29.6 Å². The Labute approximate surface area is 140 Å². The van der Waals surface area contributed by atoms with E-state index in [0.29, 0.717) is 5.75 Å². The van der Waals surface area contributed by atoms with Crippen molar-refractivity contribution in [1.29, 1.82) is 0 Å². The van der Waals surface area contributed by atoms with Gasteiger partial charge in [-0.05, 0) is 18.1 Å². The number of carbonyl (C=O) groups excluding carboxylic acids is 2. The largest absolute Gasteiger partial charge is 1.00 e. The predicted octanol–water partition coefficient (Wildman–Crippen LogP) is -2.46. The normalized spacial score (nSPS) is 24.3. The van der Waals surface area contributed by atoms with Crippen LogP contribution in [0.4, 0.5) is 0 Å². The molecule has 1 rings (SSSR count). The molecule has 0 aromatic carbocycles. The van der Waals surface area contributed by atoms with Crippen LogP contribution in [0.2, 0.25) is 0 Å². The minimum Gasteiger partial charge on any atom is -0.846 e. The smallest absolute Gasteiger partial charge is 0.846 e. The Bertz CT molecular complexity index is 376. The van der Waals surface area contributed by atoms with Crippen LogP contribution in [0.25, 0.3) is 0 Å². The van der Waals surface area contributed by atoms with E-state index in [2.05, 4.69) is 10.3 Å². The molecule has 0 spiro atoms.